The van der Waals surface area contributed by atoms with E-state index in [0.29, 0.717) is 12.5 Å². The molecule has 22 heavy (non-hydrogen) atoms. The first-order chi connectivity index (χ1) is 9.63. The molecule has 2 fully saturated rings. The number of likely N-dealkylation sites (tertiary alicyclic amines) is 1. The van der Waals surface area contributed by atoms with Gasteiger partial charge in [-0.15, -0.1) is 24.8 Å². The van der Waals surface area contributed by atoms with Gasteiger partial charge in [0.05, 0.1) is 6.10 Å². The number of hydrogen-bond acceptors (Lipinski definition) is 4. The minimum absolute atomic E-state index is 0. The van der Waals surface area contributed by atoms with Crippen LogP contribution in [-0.4, -0.2) is 67.7 Å². The number of amides is 1. The van der Waals surface area contributed by atoms with E-state index in [1.54, 1.807) is 0 Å². The summed E-state index contributed by atoms with van der Waals surface area (Å²) in [5.41, 5.74) is 5.60. The van der Waals surface area contributed by atoms with E-state index in [2.05, 4.69) is 18.9 Å². The van der Waals surface area contributed by atoms with Crippen LogP contribution < -0.4 is 5.73 Å². The molecule has 2 aliphatic rings. The van der Waals surface area contributed by atoms with Crippen LogP contribution in [0, 0.1) is 5.92 Å². The van der Waals surface area contributed by atoms with Crippen molar-refractivity contribution >= 4 is 30.7 Å². The highest BCUT2D eigenvalue weighted by Gasteiger charge is 2.35. The van der Waals surface area contributed by atoms with E-state index in [1.165, 1.54) is 6.42 Å². The van der Waals surface area contributed by atoms with Gasteiger partial charge in [-0.3, -0.25) is 4.79 Å². The van der Waals surface area contributed by atoms with Gasteiger partial charge in [0.25, 0.3) is 5.91 Å². The molecule has 0 radical (unpaired) electrons. The molecule has 0 aromatic carbocycles. The summed E-state index contributed by atoms with van der Waals surface area (Å²) in [5.74, 6) is 0.795. The normalized spacial score (nSPS) is 27.6. The van der Waals surface area contributed by atoms with Gasteiger partial charge < -0.3 is 20.3 Å². The maximum Gasteiger partial charge on any atom is 0.251 e. The predicted molar refractivity (Wildman–Crippen MR) is 93.9 cm³/mol. The highest BCUT2D eigenvalue weighted by Crippen LogP contribution is 2.24. The summed E-state index contributed by atoms with van der Waals surface area (Å²) in [6.07, 6.45) is 3.89. The lowest BCUT2D eigenvalue weighted by Crippen LogP contribution is -2.39. The number of ether oxygens (including phenoxy) is 1. The fraction of sp³-hybridized carbons (Fsp3) is 0.933. The molecule has 0 bridgehead atoms. The topological polar surface area (TPSA) is 58.8 Å². The molecule has 0 aromatic heterocycles. The summed E-state index contributed by atoms with van der Waals surface area (Å²) in [5, 5.41) is 0. The van der Waals surface area contributed by atoms with Gasteiger partial charge in [0.1, 0.15) is 6.10 Å². The smallest absolute Gasteiger partial charge is 0.251 e. The summed E-state index contributed by atoms with van der Waals surface area (Å²) >= 11 is 0. The third-order valence-corrected chi connectivity index (χ3v) is 4.42. The molecule has 0 saturated carbocycles. The molecular weight excluding hydrogens is 325 g/mol. The molecular formula is C15H31Cl2N3O2. The van der Waals surface area contributed by atoms with Crippen molar-refractivity contribution in [3.05, 3.63) is 0 Å². The first-order valence-corrected chi connectivity index (χ1v) is 7.96. The number of nitrogens with two attached hydrogens (primary N) is 1. The van der Waals surface area contributed by atoms with E-state index in [1.807, 2.05) is 4.90 Å². The van der Waals surface area contributed by atoms with Crippen LogP contribution in [0.4, 0.5) is 0 Å². The zero-order chi connectivity index (χ0) is 14.5. The molecule has 2 heterocycles. The number of halogens is 2. The van der Waals surface area contributed by atoms with Crippen LogP contribution in [0.2, 0.25) is 0 Å². The van der Waals surface area contributed by atoms with Crippen molar-refractivity contribution in [1.29, 1.82) is 0 Å². The SMILES string of the molecule is CCCN(C)CC1CCN(C(=O)[C@@H]2CC[C@H](CN)O2)C1.Cl.Cl. The van der Waals surface area contributed by atoms with Crippen LogP contribution in [0.3, 0.4) is 0 Å². The monoisotopic (exact) mass is 355 g/mol. The minimum atomic E-state index is -0.240. The average molecular weight is 356 g/mol. The van der Waals surface area contributed by atoms with Crippen molar-refractivity contribution in [3.8, 4) is 0 Å². The molecule has 0 aliphatic carbocycles. The summed E-state index contributed by atoms with van der Waals surface area (Å²) in [4.78, 5) is 16.8. The zero-order valence-corrected chi connectivity index (χ0v) is 15.3. The Labute approximate surface area is 146 Å². The van der Waals surface area contributed by atoms with E-state index in [0.717, 1.165) is 45.4 Å². The van der Waals surface area contributed by atoms with Crippen LogP contribution >= 0.6 is 24.8 Å². The molecule has 2 saturated heterocycles. The van der Waals surface area contributed by atoms with Crippen LogP contribution in [0.25, 0.3) is 0 Å². The first kappa shape index (κ1) is 21.9. The van der Waals surface area contributed by atoms with Crippen LogP contribution in [-0.2, 0) is 9.53 Å². The van der Waals surface area contributed by atoms with Gasteiger partial charge in [-0.2, -0.15) is 0 Å². The Morgan fingerprint density at radius 2 is 2.05 bits per heavy atom. The molecule has 2 rings (SSSR count). The second-order valence-corrected chi connectivity index (χ2v) is 6.26. The summed E-state index contributed by atoms with van der Waals surface area (Å²) < 4.78 is 5.71. The predicted octanol–water partition coefficient (Wildman–Crippen LogP) is 1.53. The molecule has 1 unspecified atom stereocenters. The second kappa shape index (κ2) is 10.7. The fourth-order valence-electron chi connectivity index (χ4n) is 3.36. The number of carbonyl (C=O) groups excluding carboxylic acids is 1. The average Bonchev–Trinajstić information content (AvgIpc) is 3.06. The lowest BCUT2D eigenvalue weighted by Gasteiger charge is -2.23. The molecule has 3 atom stereocenters. The maximum absolute atomic E-state index is 12.4. The first-order valence-electron chi connectivity index (χ1n) is 7.96. The maximum atomic E-state index is 12.4. The van der Waals surface area contributed by atoms with Gasteiger partial charge in [0.2, 0.25) is 0 Å². The zero-order valence-electron chi connectivity index (χ0n) is 13.7. The van der Waals surface area contributed by atoms with Gasteiger partial charge in [-0.25, -0.2) is 0 Å². The number of rotatable bonds is 6. The summed E-state index contributed by atoms with van der Waals surface area (Å²) in [6, 6.07) is 0. The Morgan fingerprint density at radius 1 is 1.32 bits per heavy atom. The lowest BCUT2D eigenvalue weighted by atomic mass is 10.1. The third kappa shape index (κ3) is 5.85. The molecule has 5 nitrogen and oxygen atoms in total. The molecule has 0 spiro atoms. The van der Waals surface area contributed by atoms with Crippen molar-refractivity contribution in [1.82, 2.24) is 9.80 Å². The van der Waals surface area contributed by atoms with E-state index in [-0.39, 0.29) is 42.9 Å². The van der Waals surface area contributed by atoms with Crippen molar-refractivity contribution < 1.29 is 9.53 Å². The largest absolute Gasteiger partial charge is 0.364 e. The van der Waals surface area contributed by atoms with Gasteiger partial charge in [-0.05, 0) is 45.2 Å². The standard InChI is InChI=1S/C15H29N3O2.2ClH/c1-3-7-17(2)10-12-6-8-18(11-12)15(19)14-5-4-13(9-16)20-14;;/h12-14H,3-11,16H2,1-2H3;2*1H/t12?,13-,14+;;/m1../s1. The number of nitrogens with zero attached hydrogens (tertiary/aromatic N) is 2. The quantitative estimate of drug-likeness (QED) is 0.784. The number of carbonyl (C=O) groups is 1. The van der Waals surface area contributed by atoms with Crippen LogP contribution in [0.1, 0.15) is 32.6 Å². The Morgan fingerprint density at radius 3 is 2.64 bits per heavy atom. The molecule has 0 aromatic rings. The summed E-state index contributed by atoms with van der Waals surface area (Å²) in [7, 11) is 2.17. The number of hydrogen-bond donors (Lipinski definition) is 1. The van der Waals surface area contributed by atoms with Crippen LogP contribution in [0.15, 0.2) is 0 Å². The van der Waals surface area contributed by atoms with E-state index >= 15 is 0 Å². The molecule has 132 valence electrons. The molecule has 2 N–H and O–H groups in total. The Balaban J connectivity index is 0.00000220. The molecule has 7 heteroatoms. The van der Waals surface area contributed by atoms with Gasteiger partial charge >= 0.3 is 0 Å². The van der Waals surface area contributed by atoms with Crippen molar-refractivity contribution in [3.63, 3.8) is 0 Å². The van der Waals surface area contributed by atoms with Gasteiger partial charge in [-0.1, -0.05) is 6.92 Å². The fourth-order valence-corrected chi connectivity index (χ4v) is 3.36. The third-order valence-electron chi connectivity index (χ3n) is 4.42. The van der Waals surface area contributed by atoms with Crippen molar-refractivity contribution in [2.24, 2.45) is 11.7 Å². The van der Waals surface area contributed by atoms with Gasteiger partial charge in [0.15, 0.2) is 0 Å². The van der Waals surface area contributed by atoms with E-state index < -0.39 is 0 Å². The molecule has 1 amide bonds. The minimum Gasteiger partial charge on any atom is -0.364 e. The van der Waals surface area contributed by atoms with Gasteiger partial charge in [0, 0.05) is 26.2 Å². The Bertz CT molecular complexity index is 334. The second-order valence-electron chi connectivity index (χ2n) is 6.26. The Hall–Kier alpha value is -0.0700. The Kier molecular flexibility index (Phi) is 10.6. The summed E-state index contributed by atoms with van der Waals surface area (Å²) in [6.45, 7) is 6.72. The van der Waals surface area contributed by atoms with Crippen LogP contribution in [0.5, 0.6) is 0 Å². The van der Waals surface area contributed by atoms with E-state index in [4.69, 9.17) is 10.5 Å². The van der Waals surface area contributed by atoms with Crippen molar-refractivity contribution in [2.75, 3.05) is 39.8 Å². The van der Waals surface area contributed by atoms with E-state index in [9.17, 15) is 4.79 Å². The highest BCUT2D eigenvalue weighted by molar-refractivity contribution is 5.85. The highest BCUT2D eigenvalue weighted by atomic mass is 35.5. The lowest BCUT2D eigenvalue weighted by molar-refractivity contribution is -0.141. The van der Waals surface area contributed by atoms with Crippen molar-refractivity contribution in [2.45, 2.75) is 44.8 Å². The molecule has 2 aliphatic heterocycles.